The summed E-state index contributed by atoms with van der Waals surface area (Å²) in [6.07, 6.45) is 7.28. The number of esters is 2. The molecule has 2 rings (SSSR count). The van der Waals surface area contributed by atoms with Gasteiger partial charge in [-0.1, -0.05) is 44.7 Å². The van der Waals surface area contributed by atoms with Crippen LogP contribution in [0.2, 0.25) is 0 Å². The lowest BCUT2D eigenvalue weighted by Gasteiger charge is -2.12. The predicted octanol–water partition coefficient (Wildman–Crippen LogP) is 4.15. The molecular formula is C20H28O5. The largest absolute Gasteiger partial charge is 0.462 e. The second-order valence-corrected chi connectivity index (χ2v) is 6.33. The van der Waals surface area contributed by atoms with Gasteiger partial charge >= 0.3 is 11.9 Å². The fourth-order valence-electron chi connectivity index (χ4n) is 2.81. The van der Waals surface area contributed by atoms with Crippen molar-refractivity contribution in [1.82, 2.24) is 0 Å². The third-order valence-corrected chi connectivity index (χ3v) is 4.27. The van der Waals surface area contributed by atoms with E-state index >= 15 is 0 Å². The van der Waals surface area contributed by atoms with Gasteiger partial charge in [-0.3, -0.25) is 0 Å². The van der Waals surface area contributed by atoms with E-state index in [1.807, 2.05) is 0 Å². The Hall–Kier alpha value is -1.88. The summed E-state index contributed by atoms with van der Waals surface area (Å²) in [4.78, 5) is 24.6. The van der Waals surface area contributed by atoms with Crippen molar-refractivity contribution < 1.29 is 23.8 Å². The van der Waals surface area contributed by atoms with Crippen LogP contribution in [0.5, 0.6) is 0 Å². The molecule has 0 bridgehead atoms. The number of hydrogen-bond acceptors (Lipinski definition) is 5. The molecule has 1 unspecified atom stereocenters. The summed E-state index contributed by atoms with van der Waals surface area (Å²) in [5, 5.41) is 0. The molecule has 0 aliphatic carbocycles. The van der Waals surface area contributed by atoms with Crippen LogP contribution in [0, 0.1) is 0 Å². The molecule has 0 amide bonds. The number of ether oxygens (including phenoxy) is 3. The van der Waals surface area contributed by atoms with Crippen molar-refractivity contribution in [1.29, 1.82) is 0 Å². The maximum atomic E-state index is 12.3. The zero-order valence-corrected chi connectivity index (χ0v) is 15.0. The first-order valence-corrected chi connectivity index (χ1v) is 9.27. The summed E-state index contributed by atoms with van der Waals surface area (Å²) in [6, 6.07) is 6.62. The van der Waals surface area contributed by atoms with Crippen molar-refractivity contribution in [3.63, 3.8) is 0 Å². The van der Waals surface area contributed by atoms with Gasteiger partial charge in [0.05, 0.1) is 23.8 Å². The van der Waals surface area contributed by atoms with Crippen LogP contribution in [-0.4, -0.2) is 37.9 Å². The average Bonchev–Trinajstić information content (AvgIpc) is 3.16. The number of benzene rings is 1. The molecule has 1 atom stereocenters. The minimum atomic E-state index is -0.508. The Morgan fingerprint density at radius 1 is 1.04 bits per heavy atom. The Morgan fingerprint density at radius 3 is 2.36 bits per heavy atom. The van der Waals surface area contributed by atoms with Gasteiger partial charge in [-0.05, 0) is 31.4 Å². The highest BCUT2D eigenvalue weighted by Crippen LogP contribution is 2.16. The van der Waals surface area contributed by atoms with Crippen LogP contribution in [0.25, 0.3) is 0 Å². The molecule has 0 radical (unpaired) electrons. The van der Waals surface area contributed by atoms with Crippen LogP contribution in [0.1, 0.15) is 72.6 Å². The lowest BCUT2D eigenvalue weighted by molar-refractivity contribution is 0.0157. The molecule has 1 aromatic rings. The van der Waals surface area contributed by atoms with Gasteiger partial charge in [0.15, 0.2) is 0 Å². The summed E-state index contributed by atoms with van der Waals surface area (Å²) in [5.74, 6) is -0.980. The molecule has 0 aromatic heterocycles. The number of unbranched alkanes of at least 4 members (excludes halogenated alkanes) is 4. The van der Waals surface area contributed by atoms with Crippen LogP contribution in [0.4, 0.5) is 0 Å². The maximum absolute atomic E-state index is 12.3. The van der Waals surface area contributed by atoms with Gasteiger partial charge in [0.1, 0.15) is 6.61 Å². The highest BCUT2D eigenvalue weighted by molar-refractivity contribution is 6.03. The summed E-state index contributed by atoms with van der Waals surface area (Å²) < 4.78 is 16.0. The predicted molar refractivity (Wildman–Crippen MR) is 94.7 cm³/mol. The third-order valence-electron chi connectivity index (χ3n) is 4.27. The van der Waals surface area contributed by atoms with Crippen LogP contribution in [0.3, 0.4) is 0 Å². The first-order chi connectivity index (χ1) is 12.2. The Balaban J connectivity index is 1.83. The van der Waals surface area contributed by atoms with Gasteiger partial charge in [0.25, 0.3) is 0 Å². The zero-order valence-electron chi connectivity index (χ0n) is 15.0. The molecule has 1 saturated heterocycles. The fourth-order valence-corrected chi connectivity index (χ4v) is 2.81. The Kier molecular flexibility index (Phi) is 8.46. The van der Waals surface area contributed by atoms with Gasteiger partial charge in [0.2, 0.25) is 0 Å². The van der Waals surface area contributed by atoms with E-state index in [0.717, 1.165) is 32.1 Å². The molecule has 1 aliphatic heterocycles. The van der Waals surface area contributed by atoms with Crippen molar-refractivity contribution in [2.24, 2.45) is 0 Å². The van der Waals surface area contributed by atoms with Crippen LogP contribution in [0.15, 0.2) is 24.3 Å². The zero-order chi connectivity index (χ0) is 17.9. The minimum absolute atomic E-state index is 0.0359. The maximum Gasteiger partial charge on any atom is 0.339 e. The van der Waals surface area contributed by atoms with E-state index in [1.165, 1.54) is 12.8 Å². The summed E-state index contributed by atoms with van der Waals surface area (Å²) in [7, 11) is 0. The first kappa shape index (κ1) is 19.4. The smallest absolute Gasteiger partial charge is 0.339 e. The molecule has 1 aliphatic rings. The average molecular weight is 348 g/mol. The first-order valence-electron chi connectivity index (χ1n) is 9.27. The number of carbonyl (C=O) groups excluding carboxylic acids is 2. The highest BCUT2D eigenvalue weighted by Gasteiger charge is 2.22. The van der Waals surface area contributed by atoms with E-state index < -0.39 is 11.9 Å². The van der Waals surface area contributed by atoms with Crippen molar-refractivity contribution >= 4 is 11.9 Å². The van der Waals surface area contributed by atoms with E-state index in [-0.39, 0.29) is 23.8 Å². The van der Waals surface area contributed by atoms with Crippen LogP contribution < -0.4 is 0 Å². The van der Waals surface area contributed by atoms with Gasteiger partial charge < -0.3 is 14.2 Å². The van der Waals surface area contributed by atoms with Gasteiger partial charge in [-0.2, -0.15) is 0 Å². The number of rotatable bonds is 10. The Morgan fingerprint density at radius 2 is 1.72 bits per heavy atom. The van der Waals surface area contributed by atoms with E-state index in [0.29, 0.717) is 13.2 Å². The Labute approximate surface area is 149 Å². The monoisotopic (exact) mass is 348 g/mol. The SMILES string of the molecule is CCCCCCCOC(=O)c1ccccc1C(=O)OCC1CCCO1. The normalized spacial score (nSPS) is 16.6. The topological polar surface area (TPSA) is 61.8 Å². The van der Waals surface area contributed by atoms with E-state index in [9.17, 15) is 9.59 Å². The van der Waals surface area contributed by atoms with Crippen molar-refractivity contribution in [2.75, 3.05) is 19.8 Å². The molecule has 0 spiro atoms. The third kappa shape index (κ3) is 6.50. The lowest BCUT2D eigenvalue weighted by atomic mass is 10.1. The molecule has 1 fully saturated rings. The van der Waals surface area contributed by atoms with E-state index in [4.69, 9.17) is 14.2 Å². The van der Waals surface area contributed by atoms with E-state index in [2.05, 4.69) is 6.92 Å². The fraction of sp³-hybridized carbons (Fsp3) is 0.600. The van der Waals surface area contributed by atoms with E-state index in [1.54, 1.807) is 24.3 Å². The molecule has 1 aromatic carbocycles. The highest BCUT2D eigenvalue weighted by atomic mass is 16.6. The number of hydrogen-bond donors (Lipinski definition) is 0. The lowest BCUT2D eigenvalue weighted by Crippen LogP contribution is -2.20. The summed E-state index contributed by atoms with van der Waals surface area (Å²) in [5.41, 5.74) is 0.505. The van der Waals surface area contributed by atoms with Crippen LogP contribution >= 0.6 is 0 Å². The van der Waals surface area contributed by atoms with Crippen LogP contribution in [-0.2, 0) is 14.2 Å². The van der Waals surface area contributed by atoms with Gasteiger partial charge in [0, 0.05) is 6.61 Å². The molecule has 25 heavy (non-hydrogen) atoms. The minimum Gasteiger partial charge on any atom is -0.462 e. The molecule has 5 heteroatoms. The van der Waals surface area contributed by atoms with Gasteiger partial charge in [-0.25, -0.2) is 9.59 Å². The molecule has 5 nitrogen and oxygen atoms in total. The summed E-state index contributed by atoms with van der Waals surface area (Å²) >= 11 is 0. The second kappa shape index (κ2) is 10.9. The molecular weight excluding hydrogens is 320 g/mol. The second-order valence-electron chi connectivity index (χ2n) is 6.33. The number of carbonyl (C=O) groups is 2. The molecule has 0 N–H and O–H groups in total. The van der Waals surface area contributed by atoms with Crippen molar-refractivity contribution in [3.8, 4) is 0 Å². The van der Waals surface area contributed by atoms with Crippen molar-refractivity contribution in [2.45, 2.75) is 58.0 Å². The Bertz CT molecular complexity index is 549. The summed E-state index contributed by atoms with van der Waals surface area (Å²) in [6.45, 7) is 3.47. The molecule has 0 saturated carbocycles. The van der Waals surface area contributed by atoms with Gasteiger partial charge in [-0.15, -0.1) is 0 Å². The van der Waals surface area contributed by atoms with Crippen molar-refractivity contribution in [3.05, 3.63) is 35.4 Å². The standard InChI is InChI=1S/C20H28O5/c1-2-3-4-5-8-13-24-19(21)17-11-6-7-12-18(17)20(22)25-15-16-10-9-14-23-16/h6-7,11-12,16H,2-5,8-10,13-15H2,1H3. The molecule has 1 heterocycles. The molecule has 138 valence electrons. The quantitative estimate of drug-likeness (QED) is 0.469.